The van der Waals surface area contributed by atoms with Crippen LogP contribution in [0.15, 0.2) is 24.3 Å². The number of rotatable bonds is 44. The van der Waals surface area contributed by atoms with Crippen molar-refractivity contribution in [2.24, 2.45) is 0 Å². The van der Waals surface area contributed by atoms with Crippen LogP contribution < -0.4 is 0 Å². The molecule has 6 nitrogen and oxygen atoms in total. The summed E-state index contributed by atoms with van der Waals surface area (Å²) < 4.78 is 16.7. The van der Waals surface area contributed by atoms with Crippen LogP contribution in [-0.2, 0) is 28.6 Å². The topological polar surface area (TPSA) is 78.9 Å². The van der Waals surface area contributed by atoms with E-state index < -0.39 is 6.10 Å². The van der Waals surface area contributed by atoms with Gasteiger partial charge < -0.3 is 14.2 Å². The lowest BCUT2D eigenvalue weighted by atomic mass is 10.0. The van der Waals surface area contributed by atoms with Crippen molar-refractivity contribution < 1.29 is 28.6 Å². The summed E-state index contributed by atoms with van der Waals surface area (Å²) in [5.41, 5.74) is 0. The maximum atomic E-state index is 12.7. The number of carbonyl (C=O) groups excluding carboxylic acids is 3. The zero-order valence-electron chi connectivity index (χ0n) is 37.4. The monoisotopic (exact) mass is 789 g/mol. The second-order valence-electron chi connectivity index (χ2n) is 16.4. The summed E-state index contributed by atoms with van der Waals surface area (Å²) in [6.45, 7) is 6.60. The summed E-state index contributed by atoms with van der Waals surface area (Å²) in [5, 5.41) is 0. The van der Waals surface area contributed by atoms with Gasteiger partial charge in [0.2, 0.25) is 0 Å². The van der Waals surface area contributed by atoms with Gasteiger partial charge in [0.1, 0.15) is 13.2 Å². The summed E-state index contributed by atoms with van der Waals surface area (Å²) in [6, 6.07) is 0. The molecule has 0 fully saturated rings. The van der Waals surface area contributed by atoms with E-state index in [0.717, 1.165) is 77.0 Å². The Morgan fingerprint density at radius 1 is 0.357 bits per heavy atom. The molecule has 0 unspecified atom stereocenters. The minimum absolute atomic E-state index is 0.0714. The van der Waals surface area contributed by atoms with E-state index in [1.54, 1.807) is 0 Å². The van der Waals surface area contributed by atoms with Gasteiger partial charge in [0.15, 0.2) is 6.10 Å². The second-order valence-corrected chi connectivity index (χ2v) is 16.4. The molecule has 0 aromatic rings. The van der Waals surface area contributed by atoms with Gasteiger partial charge in [-0.15, -0.1) is 0 Å². The zero-order chi connectivity index (χ0) is 40.8. The van der Waals surface area contributed by atoms with Gasteiger partial charge in [0, 0.05) is 19.3 Å². The van der Waals surface area contributed by atoms with Crippen molar-refractivity contribution >= 4 is 17.9 Å². The maximum Gasteiger partial charge on any atom is 0.306 e. The van der Waals surface area contributed by atoms with Crippen LogP contribution >= 0.6 is 0 Å². The predicted molar refractivity (Wildman–Crippen MR) is 238 cm³/mol. The highest BCUT2D eigenvalue weighted by Gasteiger charge is 2.19. The van der Waals surface area contributed by atoms with Gasteiger partial charge in [-0.3, -0.25) is 14.4 Å². The molecule has 328 valence electrons. The van der Waals surface area contributed by atoms with Gasteiger partial charge in [-0.25, -0.2) is 0 Å². The molecule has 0 amide bonds. The van der Waals surface area contributed by atoms with E-state index in [-0.39, 0.29) is 31.1 Å². The SMILES string of the molecule is CCCCC/C=C\C/C=C\CCCCCCCC(=O)OC[C@H](COC(=O)CCCCCCCCCCCCC)OC(=O)CCCCCCCCCCCCCC. The molecule has 0 aromatic carbocycles. The minimum Gasteiger partial charge on any atom is -0.462 e. The number of allylic oxidation sites excluding steroid dienone is 4. The fourth-order valence-corrected chi connectivity index (χ4v) is 7.00. The van der Waals surface area contributed by atoms with Crippen molar-refractivity contribution in [2.45, 2.75) is 264 Å². The molecule has 6 heteroatoms. The quantitative estimate of drug-likeness (QED) is 0.0265. The van der Waals surface area contributed by atoms with Crippen molar-refractivity contribution in [3.63, 3.8) is 0 Å². The number of carbonyl (C=O) groups is 3. The van der Waals surface area contributed by atoms with E-state index in [1.165, 1.54) is 141 Å². The first-order chi connectivity index (χ1) is 27.5. The fraction of sp³-hybridized carbons (Fsp3) is 0.860. The van der Waals surface area contributed by atoms with Crippen LogP contribution in [0.3, 0.4) is 0 Å². The Hall–Kier alpha value is -2.11. The average Bonchev–Trinajstić information content (AvgIpc) is 3.19. The largest absolute Gasteiger partial charge is 0.462 e. The van der Waals surface area contributed by atoms with Crippen molar-refractivity contribution in [1.29, 1.82) is 0 Å². The van der Waals surface area contributed by atoms with Gasteiger partial charge in [0.05, 0.1) is 0 Å². The zero-order valence-corrected chi connectivity index (χ0v) is 37.4. The van der Waals surface area contributed by atoms with E-state index in [4.69, 9.17) is 14.2 Å². The highest BCUT2D eigenvalue weighted by molar-refractivity contribution is 5.71. The number of hydrogen-bond donors (Lipinski definition) is 0. The normalized spacial score (nSPS) is 12.1. The highest BCUT2D eigenvalue weighted by atomic mass is 16.6. The molecule has 0 saturated carbocycles. The van der Waals surface area contributed by atoms with Crippen LogP contribution in [0, 0.1) is 0 Å². The first-order valence-electron chi connectivity index (χ1n) is 24.3. The first kappa shape index (κ1) is 53.9. The molecule has 0 aliphatic heterocycles. The number of ether oxygens (including phenoxy) is 3. The van der Waals surface area contributed by atoms with Gasteiger partial charge in [-0.2, -0.15) is 0 Å². The summed E-state index contributed by atoms with van der Waals surface area (Å²) in [5.74, 6) is -0.877. The van der Waals surface area contributed by atoms with Crippen LogP contribution in [0.5, 0.6) is 0 Å². The minimum atomic E-state index is -0.769. The average molecular weight is 789 g/mol. The van der Waals surface area contributed by atoms with Crippen LogP contribution in [0.2, 0.25) is 0 Å². The molecular formula is C50H92O6. The molecule has 1 atom stereocenters. The molecule has 0 N–H and O–H groups in total. The lowest BCUT2D eigenvalue weighted by Crippen LogP contribution is -2.30. The first-order valence-corrected chi connectivity index (χ1v) is 24.3. The molecule has 56 heavy (non-hydrogen) atoms. The lowest BCUT2D eigenvalue weighted by Gasteiger charge is -2.18. The van der Waals surface area contributed by atoms with E-state index in [2.05, 4.69) is 45.1 Å². The Morgan fingerprint density at radius 3 is 1.02 bits per heavy atom. The number of esters is 3. The standard InChI is InChI=1S/C50H92O6/c1-4-7-10-13-16-19-22-24-25-26-29-31-34-37-40-43-49(52)55-46-47(45-54-48(51)42-39-36-33-30-27-21-18-15-12-9-6-3)56-50(53)44-41-38-35-32-28-23-20-17-14-11-8-5-2/h16,19,24-25,47H,4-15,17-18,20-23,26-46H2,1-3H3/b19-16-,25-24-/t47-/m0/s1. The van der Waals surface area contributed by atoms with E-state index in [1.807, 2.05) is 0 Å². The second kappa shape index (κ2) is 45.6. The smallest absolute Gasteiger partial charge is 0.306 e. The van der Waals surface area contributed by atoms with Gasteiger partial charge in [-0.1, -0.05) is 212 Å². The van der Waals surface area contributed by atoms with E-state index in [9.17, 15) is 14.4 Å². The molecule has 0 saturated heterocycles. The van der Waals surface area contributed by atoms with Crippen molar-refractivity contribution in [2.75, 3.05) is 13.2 Å². The third-order valence-corrected chi connectivity index (χ3v) is 10.7. The number of unbranched alkanes of at least 4 members (excludes halogenated alkanes) is 29. The van der Waals surface area contributed by atoms with E-state index >= 15 is 0 Å². The van der Waals surface area contributed by atoms with Crippen molar-refractivity contribution in [3.05, 3.63) is 24.3 Å². The Morgan fingerprint density at radius 2 is 0.643 bits per heavy atom. The Balaban J connectivity index is 4.36. The summed E-state index contributed by atoms with van der Waals surface area (Å²) >= 11 is 0. The Labute approximate surface area is 347 Å². The third-order valence-electron chi connectivity index (χ3n) is 10.7. The molecule has 0 bridgehead atoms. The van der Waals surface area contributed by atoms with Crippen LogP contribution in [-0.4, -0.2) is 37.2 Å². The molecule has 0 spiro atoms. The van der Waals surface area contributed by atoms with Crippen LogP contribution in [0.25, 0.3) is 0 Å². The predicted octanol–water partition coefficient (Wildman–Crippen LogP) is 15.6. The van der Waals surface area contributed by atoms with Gasteiger partial charge in [-0.05, 0) is 51.4 Å². The van der Waals surface area contributed by atoms with E-state index in [0.29, 0.717) is 19.3 Å². The summed E-state index contributed by atoms with van der Waals surface area (Å²) in [6.07, 6.45) is 50.1. The van der Waals surface area contributed by atoms with Crippen LogP contribution in [0.1, 0.15) is 258 Å². The molecule has 0 heterocycles. The molecule has 0 rings (SSSR count). The molecular weight excluding hydrogens is 697 g/mol. The van der Waals surface area contributed by atoms with Gasteiger partial charge >= 0.3 is 17.9 Å². The Bertz CT molecular complexity index is 911. The van der Waals surface area contributed by atoms with Crippen LogP contribution in [0.4, 0.5) is 0 Å². The van der Waals surface area contributed by atoms with Crippen molar-refractivity contribution in [1.82, 2.24) is 0 Å². The van der Waals surface area contributed by atoms with Gasteiger partial charge in [0.25, 0.3) is 0 Å². The highest BCUT2D eigenvalue weighted by Crippen LogP contribution is 2.15. The Kier molecular flexibility index (Phi) is 43.9. The summed E-state index contributed by atoms with van der Waals surface area (Å²) in [7, 11) is 0. The summed E-state index contributed by atoms with van der Waals surface area (Å²) in [4.78, 5) is 37.8. The van der Waals surface area contributed by atoms with Crippen molar-refractivity contribution in [3.8, 4) is 0 Å². The lowest BCUT2D eigenvalue weighted by molar-refractivity contribution is -0.167. The third kappa shape index (κ3) is 43.0. The maximum absolute atomic E-state index is 12.7. The molecule has 0 aliphatic carbocycles. The molecule has 0 radical (unpaired) electrons. The fourth-order valence-electron chi connectivity index (χ4n) is 7.00. The molecule has 0 aromatic heterocycles. The molecule has 0 aliphatic rings. The number of hydrogen-bond acceptors (Lipinski definition) is 6.